The molecule has 0 spiro atoms. The molecule has 1 N–H and O–H groups in total. The fraction of sp³-hybridized carbons (Fsp3) is 0.458. The lowest BCUT2D eigenvalue weighted by molar-refractivity contribution is -0.126. The summed E-state index contributed by atoms with van der Waals surface area (Å²) in [4.78, 5) is 15.4. The molecule has 5 heteroatoms. The molecule has 2 aliphatic heterocycles. The topological polar surface area (TPSA) is 50.8 Å². The van der Waals surface area contributed by atoms with Crippen LogP contribution in [0.1, 0.15) is 36.4 Å². The average Bonchev–Trinajstić information content (AvgIpc) is 2.80. The van der Waals surface area contributed by atoms with Crippen molar-refractivity contribution in [3.63, 3.8) is 0 Å². The third-order valence-corrected chi connectivity index (χ3v) is 6.05. The van der Waals surface area contributed by atoms with Gasteiger partial charge in [0.25, 0.3) is 0 Å². The minimum absolute atomic E-state index is 0.0787. The number of methoxy groups -OCH3 is 1. The first-order valence-corrected chi connectivity index (χ1v) is 10.6. The Kier molecular flexibility index (Phi) is 6.35. The Hall–Kier alpha value is -2.53. The maximum Gasteiger partial charge on any atom is 0.226 e. The van der Waals surface area contributed by atoms with Gasteiger partial charge in [0.15, 0.2) is 0 Å². The van der Waals surface area contributed by atoms with E-state index in [1.54, 1.807) is 7.11 Å². The van der Waals surface area contributed by atoms with E-state index in [4.69, 9.17) is 9.47 Å². The number of para-hydroxylation sites is 1. The molecular formula is C24H30N2O3. The largest absolute Gasteiger partial charge is 0.497 e. The van der Waals surface area contributed by atoms with Crippen LogP contribution in [0.5, 0.6) is 11.5 Å². The summed E-state index contributed by atoms with van der Waals surface area (Å²) in [7, 11) is 1.68. The molecular weight excluding hydrogens is 364 g/mol. The summed E-state index contributed by atoms with van der Waals surface area (Å²) in [6, 6.07) is 16.4. The number of likely N-dealkylation sites (tertiary alicyclic amines) is 1. The molecule has 1 fully saturated rings. The molecule has 4 rings (SSSR count). The van der Waals surface area contributed by atoms with Crippen molar-refractivity contribution in [2.45, 2.75) is 31.7 Å². The molecule has 0 unspecified atom stereocenters. The van der Waals surface area contributed by atoms with Crippen LogP contribution in [0.3, 0.4) is 0 Å². The summed E-state index contributed by atoms with van der Waals surface area (Å²) in [6.07, 6.45) is 4.46. The smallest absolute Gasteiger partial charge is 0.226 e. The number of piperidine rings is 1. The first-order chi connectivity index (χ1) is 14.2. The van der Waals surface area contributed by atoms with E-state index < -0.39 is 0 Å². The second kappa shape index (κ2) is 9.31. The normalized spacial score (nSPS) is 20.2. The lowest BCUT2D eigenvalue weighted by atomic mass is 9.95. The lowest BCUT2D eigenvalue weighted by Crippen LogP contribution is -2.44. The summed E-state index contributed by atoms with van der Waals surface area (Å²) >= 11 is 0. The van der Waals surface area contributed by atoms with Crippen LogP contribution in [0.4, 0.5) is 0 Å². The Morgan fingerprint density at radius 1 is 1.14 bits per heavy atom. The molecule has 0 radical (unpaired) electrons. The molecule has 0 aromatic heterocycles. The highest BCUT2D eigenvalue weighted by Gasteiger charge is 2.28. The van der Waals surface area contributed by atoms with Crippen LogP contribution in [0.15, 0.2) is 48.5 Å². The van der Waals surface area contributed by atoms with Crippen molar-refractivity contribution in [3.8, 4) is 11.5 Å². The summed E-state index contributed by atoms with van der Waals surface area (Å²) in [5.41, 5.74) is 2.33. The summed E-state index contributed by atoms with van der Waals surface area (Å²) in [5.74, 6) is 1.70. The third-order valence-electron chi connectivity index (χ3n) is 6.05. The minimum atomic E-state index is -0.136. The van der Waals surface area contributed by atoms with Crippen molar-refractivity contribution >= 4 is 5.91 Å². The second-order valence-electron chi connectivity index (χ2n) is 7.95. The average molecular weight is 395 g/mol. The van der Waals surface area contributed by atoms with E-state index in [9.17, 15) is 4.79 Å². The molecule has 1 amide bonds. The van der Waals surface area contributed by atoms with Gasteiger partial charge >= 0.3 is 0 Å². The van der Waals surface area contributed by atoms with Crippen LogP contribution in [0.2, 0.25) is 0 Å². The van der Waals surface area contributed by atoms with Gasteiger partial charge < -0.3 is 14.8 Å². The Morgan fingerprint density at radius 3 is 2.66 bits per heavy atom. The number of amides is 1. The number of rotatable bonds is 6. The number of fused-ring (bicyclic) bond motifs is 1. The molecule has 2 aromatic rings. The number of ether oxygens (including phenoxy) is 2. The monoisotopic (exact) mass is 394 g/mol. The molecule has 0 bridgehead atoms. The summed E-state index contributed by atoms with van der Waals surface area (Å²) < 4.78 is 11.1. The highest BCUT2D eigenvalue weighted by atomic mass is 16.5. The van der Waals surface area contributed by atoms with Gasteiger partial charge in [-0.2, -0.15) is 0 Å². The molecule has 2 aliphatic rings. The zero-order valence-corrected chi connectivity index (χ0v) is 17.1. The lowest BCUT2D eigenvalue weighted by Gasteiger charge is -2.35. The van der Waals surface area contributed by atoms with Gasteiger partial charge in [0, 0.05) is 6.54 Å². The number of hydrogen-bond donors (Lipinski definition) is 1. The van der Waals surface area contributed by atoms with Gasteiger partial charge in [-0.1, -0.05) is 36.8 Å². The Labute approximate surface area is 173 Å². The fourth-order valence-electron chi connectivity index (χ4n) is 4.35. The quantitative estimate of drug-likeness (QED) is 0.814. The maximum absolute atomic E-state index is 12.9. The number of benzene rings is 2. The van der Waals surface area contributed by atoms with E-state index in [1.165, 1.54) is 24.8 Å². The molecule has 2 aromatic carbocycles. The van der Waals surface area contributed by atoms with Gasteiger partial charge in [0.05, 0.1) is 19.1 Å². The molecule has 2 atom stereocenters. The van der Waals surface area contributed by atoms with Gasteiger partial charge in [-0.25, -0.2) is 0 Å². The predicted molar refractivity (Wildman–Crippen MR) is 113 cm³/mol. The van der Waals surface area contributed by atoms with Gasteiger partial charge in [-0.15, -0.1) is 0 Å². The Morgan fingerprint density at radius 2 is 1.90 bits per heavy atom. The Balaban J connectivity index is 1.42. The van der Waals surface area contributed by atoms with E-state index in [2.05, 4.69) is 22.3 Å². The number of hydrogen-bond acceptors (Lipinski definition) is 4. The van der Waals surface area contributed by atoms with Crippen molar-refractivity contribution < 1.29 is 14.3 Å². The maximum atomic E-state index is 12.9. The SMILES string of the molecule is COc1ccc([C@H](CNC(=O)[C@@H]2COc3ccccc3C2)N2CCCCC2)cc1. The van der Waals surface area contributed by atoms with Gasteiger partial charge in [0.1, 0.15) is 18.1 Å². The third kappa shape index (κ3) is 4.73. The van der Waals surface area contributed by atoms with E-state index in [0.29, 0.717) is 13.2 Å². The second-order valence-corrected chi connectivity index (χ2v) is 7.95. The van der Waals surface area contributed by atoms with Gasteiger partial charge in [0.2, 0.25) is 5.91 Å². The van der Waals surface area contributed by atoms with E-state index in [-0.39, 0.29) is 17.9 Å². The molecule has 154 valence electrons. The highest BCUT2D eigenvalue weighted by Crippen LogP contribution is 2.28. The zero-order chi connectivity index (χ0) is 20.1. The number of nitrogens with zero attached hydrogens (tertiary/aromatic N) is 1. The van der Waals surface area contributed by atoms with Crippen LogP contribution in [0.25, 0.3) is 0 Å². The minimum Gasteiger partial charge on any atom is -0.497 e. The van der Waals surface area contributed by atoms with E-state index in [0.717, 1.165) is 36.6 Å². The first kappa shape index (κ1) is 19.8. The number of nitrogens with one attached hydrogen (secondary N) is 1. The van der Waals surface area contributed by atoms with Crippen LogP contribution in [-0.2, 0) is 11.2 Å². The molecule has 5 nitrogen and oxygen atoms in total. The molecule has 0 aliphatic carbocycles. The van der Waals surface area contributed by atoms with Crippen molar-refractivity contribution in [3.05, 3.63) is 59.7 Å². The van der Waals surface area contributed by atoms with Crippen LogP contribution in [-0.4, -0.2) is 44.2 Å². The van der Waals surface area contributed by atoms with Crippen LogP contribution >= 0.6 is 0 Å². The zero-order valence-electron chi connectivity index (χ0n) is 17.1. The fourth-order valence-corrected chi connectivity index (χ4v) is 4.35. The van der Waals surface area contributed by atoms with E-state index >= 15 is 0 Å². The molecule has 0 saturated carbocycles. The van der Waals surface area contributed by atoms with Crippen LogP contribution in [0, 0.1) is 5.92 Å². The molecule has 1 saturated heterocycles. The Bertz CT molecular complexity index is 815. The van der Waals surface area contributed by atoms with Crippen molar-refractivity contribution in [1.29, 1.82) is 0 Å². The van der Waals surface area contributed by atoms with Crippen molar-refractivity contribution in [2.75, 3.05) is 33.4 Å². The number of carbonyl (C=O) groups excluding carboxylic acids is 1. The predicted octanol–water partition coefficient (Wildman–Crippen LogP) is 3.59. The summed E-state index contributed by atoms with van der Waals surface area (Å²) in [5, 5.41) is 3.22. The summed E-state index contributed by atoms with van der Waals surface area (Å²) in [6.45, 7) is 3.21. The van der Waals surface area contributed by atoms with Gasteiger partial charge in [-0.05, 0) is 61.7 Å². The van der Waals surface area contributed by atoms with Crippen LogP contribution < -0.4 is 14.8 Å². The first-order valence-electron chi connectivity index (χ1n) is 10.6. The van der Waals surface area contributed by atoms with E-state index in [1.807, 2.05) is 36.4 Å². The van der Waals surface area contributed by atoms with Crippen molar-refractivity contribution in [2.24, 2.45) is 5.92 Å². The molecule has 2 heterocycles. The standard InChI is InChI=1S/C24H30N2O3/c1-28-21-11-9-18(10-12-21)22(26-13-5-2-6-14-26)16-25-24(27)20-15-19-7-3-4-8-23(19)29-17-20/h3-4,7-12,20,22H,2,5-6,13-17H2,1H3,(H,25,27)/t20-,22-/m0/s1. The van der Waals surface area contributed by atoms with Gasteiger partial charge in [-0.3, -0.25) is 9.69 Å². The highest BCUT2D eigenvalue weighted by molar-refractivity contribution is 5.79. The number of carbonyl (C=O) groups is 1. The molecule has 29 heavy (non-hydrogen) atoms. The van der Waals surface area contributed by atoms with Crippen molar-refractivity contribution in [1.82, 2.24) is 10.2 Å².